The fraction of sp³-hybridized carbons (Fsp3) is 0.308. The molecular weight excluding hydrogens is 394 g/mol. The first-order chi connectivity index (χ1) is 9.19. The average molecular weight is 409 g/mol. The van der Waals surface area contributed by atoms with Crippen LogP contribution in [-0.4, -0.2) is 21.3 Å². The Labute approximate surface area is 133 Å². The molecule has 1 aromatic carbocycles. The monoisotopic (exact) mass is 407 g/mol. The van der Waals surface area contributed by atoms with Crippen LogP contribution >= 0.6 is 31.9 Å². The molecule has 0 aliphatic rings. The second-order valence-corrected chi connectivity index (χ2v) is 6.63. The lowest BCUT2D eigenvalue weighted by molar-refractivity contribution is -0.124. The summed E-state index contributed by atoms with van der Waals surface area (Å²) < 4.78 is 1.15. The Morgan fingerprint density at radius 2 is 2.00 bits per heavy atom. The van der Waals surface area contributed by atoms with Crippen LogP contribution in [0.5, 0.6) is 5.75 Å². The molecule has 0 aliphatic carbocycles. The lowest BCUT2D eigenvalue weighted by Crippen LogP contribution is -2.22. The third-order valence-electron chi connectivity index (χ3n) is 2.83. The highest BCUT2D eigenvalue weighted by atomic mass is 79.9. The van der Waals surface area contributed by atoms with Crippen LogP contribution in [0.3, 0.4) is 0 Å². The lowest BCUT2D eigenvalue weighted by atomic mass is 9.82. The first-order valence-corrected chi connectivity index (χ1v) is 7.27. The maximum atomic E-state index is 11.0. The maximum absolute atomic E-state index is 11.0. The zero-order valence-corrected chi connectivity index (χ0v) is 14.1. The van der Waals surface area contributed by atoms with Crippen molar-refractivity contribution < 1.29 is 20.2 Å². The van der Waals surface area contributed by atoms with Crippen LogP contribution in [0.1, 0.15) is 25.5 Å². The van der Waals surface area contributed by atoms with E-state index in [2.05, 4.69) is 31.9 Å². The van der Waals surface area contributed by atoms with E-state index < -0.39 is 17.4 Å². The second kappa shape index (κ2) is 6.71. The molecule has 1 amide bonds. The maximum Gasteiger partial charge on any atom is 0.267 e. The van der Waals surface area contributed by atoms with Gasteiger partial charge in [-0.05, 0) is 28.1 Å². The Bertz CT molecular complexity index is 543. The summed E-state index contributed by atoms with van der Waals surface area (Å²) in [5, 5.41) is 28.9. The van der Waals surface area contributed by atoms with Crippen molar-refractivity contribution in [3.8, 4) is 5.75 Å². The zero-order valence-electron chi connectivity index (χ0n) is 10.9. The lowest BCUT2D eigenvalue weighted by Gasteiger charge is -2.28. The Kier molecular flexibility index (Phi) is 5.76. The van der Waals surface area contributed by atoms with Crippen molar-refractivity contribution in [1.82, 2.24) is 5.48 Å². The number of nitrogens with one attached hydrogen (secondary N) is 1. The van der Waals surface area contributed by atoms with E-state index in [-0.39, 0.29) is 5.75 Å². The summed E-state index contributed by atoms with van der Waals surface area (Å²) >= 11 is 6.49. The SMILES string of the molecule is CC(C)(/C=C/C(=O)NO)[C@H](O)c1cc(Br)cc(Br)c1O. The standard InChI is InChI=1S/C13H15Br2NO4/c1-13(2,4-3-10(17)16-20)12(19)8-5-7(14)6-9(15)11(8)18/h3-6,12,18-20H,1-2H3,(H,16,17)/b4-3+/t12-/m1/s1. The number of halogens is 2. The first kappa shape index (κ1) is 17.2. The molecule has 0 fully saturated rings. The largest absolute Gasteiger partial charge is 0.506 e. The molecule has 0 aliphatic heterocycles. The van der Waals surface area contributed by atoms with Gasteiger partial charge in [0.1, 0.15) is 5.75 Å². The summed E-state index contributed by atoms with van der Waals surface area (Å²) in [5.41, 5.74) is 0.969. The Hall–Kier alpha value is -0.890. The number of rotatable bonds is 4. The highest BCUT2D eigenvalue weighted by Crippen LogP contribution is 2.42. The zero-order chi connectivity index (χ0) is 15.5. The van der Waals surface area contributed by atoms with Gasteiger partial charge in [0.25, 0.3) is 5.91 Å². The summed E-state index contributed by atoms with van der Waals surface area (Å²) in [6, 6.07) is 3.26. The Balaban J connectivity index is 3.13. The summed E-state index contributed by atoms with van der Waals surface area (Å²) in [6.45, 7) is 3.40. The molecule has 0 aromatic heterocycles. The van der Waals surface area contributed by atoms with Gasteiger partial charge >= 0.3 is 0 Å². The number of aromatic hydroxyl groups is 1. The van der Waals surface area contributed by atoms with Gasteiger partial charge in [0.05, 0.1) is 10.6 Å². The van der Waals surface area contributed by atoms with Gasteiger partial charge in [-0.25, -0.2) is 5.48 Å². The number of aliphatic hydroxyl groups is 1. The number of carbonyl (C=O) groups is 1. The van der Waals surface area contributed by atoms with Crippen molar-refractivity contribution in [2.24, 2.45) is 5.41 Å². The number of hydrogen-bond donors (Lipinski definition) is 4. The summed E-state index contributed by atoms with van der Waals surface area (Å²) in [4.78, 5) is 11.0. The minimum atomic E-state index is -1.04. The molecule has 0 heterocycles. The number of carbonyl (C=O) groups excluding carboxylic acids is 1. The van der Waals surface area contributed by atoms with Gasteiger partial charge in [0.2, 0.25) is 0 Å². The number of hydroxylamine groups is 1. The number of hydrogen-bond acceptors (Lipinski definition) is 4. The molecule has 5 nitrogen and oxygen atoms in total. The van der Waals surface area contributed by atoms with E-state index in [4.69, 9.17) is 5.21 Å². The third-order valence-corrected chi connectivity index (χ3v) is 3.89. The number of phenolic OH excluding ortho intramolecular Hbond substituents is 1. The number of phenols is 1. The summed E-state index contributed by atoms with van der Waals surface area (Å²) in [7, 11) is 0. The van der Waals surface area contributed by atoms with Crippen LogP contribution in [0.4, 0.5) is 0 Å². The van der Waals surface area contributed by atoms with Crippen molar-refractivity contribution >= 4 is 37.8 Å². The number of amides is 1. The van der Waals surface area contributed by atoms with E-state index in [9.17, 15) is 15.0 Å². The molecule has 0 bridgehead atoms. The van der Waals surface area contributed by atoms with Crippen molar-refractivity contribution in [1.29, 1.82) is 0 Å². The van der Waals surface area contributed by atoms with E-state index in [0.29, 0.717) is 14.5 Å². The van der Waals surface area contributed by atoms with Gasteiger partial charge in [0.15, 0.2) is 0 Å². The van der Waals surface area contributed by atoms with Crippen molar-refractivity contribution in [2.75, 3.05) is 0 Å². The molecule has 4 N–H and O–H groups in total. The summed E-state index contributed by atoms with van der Waals surface area (Å²) in [5.74, 6) is -0.751. The van der Waals surface area contributed by atoms with Crippen LogP contribution in [0, 0.1) is 5.41 Å². The normalized spacial score (nSPS) is 13.5. The van der Waals surface area contributed by atoms with Gasteiger partial charge in [-0.15, -0.1) is 0 Å². The van der Waals surface area contributed by atoms with E-state index in [1.807, 2.05) is 0 Å². The molecule has 0 radical (unpaired) electrons. The van der Waals surface area contributed by atoms with Crippen molar-refractivity contribution in [3.05, 3.63) is 38.8 Å². The van der Waals surface area contributed by atoms with Crippen LogP contribution in [-0.2, 0) is 4.79 Å². The van der Waals surface area contributed by atoms with Gasteiger partial charge in [-0.3, -0.25) is 10.0 Å². The molecule has 0 saturated carbocycles. The van der Waals surface area contributed by atoms with Crippen LogP contribution in [0.2, 0.25) is 0 Å². The molecule has 0 saturated heterocycles. The second-order valence-electron chi connectivity index (χ2n) is 4.86. The molecule has 1 rings (SSSR count). The molecule has 7 heteroatoms. The quantitative estimate of drug-likeness (QED) is 0.350. The highest BCUT2D eigenvalue weighted by molar-refractivity contribution is 9.11. The summed E-state index contributed by atoms with van der Waals surface area (Å²) in [6.07, 6.45) is 1.53. The van der Waals surface area contributed by atoms with Crippen LogP contribution < -0.4 is 5.48 Å². The van der Waals surface area contributed by atoms with E-state index >= 15 is 0 Å². The minimum absolute atomic E-state index is 0.0613. The Morgan fingerprint density at radius 3 is 2.55 bits per heavy atom. The van der Waals surface area contributed by atoms with E-state index in [0.717, 1.165) is 6.08 Å². The molecule has 1 atom stereocenters. The fourth-order valence-electron chi connectivity index (χ4n) is 1.61. The Morgan fingerprint density at radius 1 is 1.40 bits per heavy atom. The van der Waals surface area contributed by atoms with Crippen LogP contribution in [0.25, 0.3) is 0 Å². The van der Waals surface area contributed by atoms with Crippen molar-refractivity contribution in [2.45, 2.75) is 20.0 Å². The predicted octanol–water partition coefficient (Wildman–Crippen LogP) is 3.04. The number of aliphatic hydroxyl groups excluding tert-OH is 1. The molecular formula is C13H15Br2NO4. The molecule has 0 unspecified atom stereocenters. The van der Waals surface area contributed by atoms with Gasteiger partial charge < -0.3 is 10.2 Å². The fourth-order valence-corrected chi connectivity index (χ4v) is 2.87. The minimum Gasteiger partial charge on any atom is -0.506 e. The number of benzene rings is 1. The predicted molar refractivity (Wildman–Crippen MR) is 81.3 cm³/mol. The van der Waals surface area contributed by atoms with Gasteiger partial charge in [0, 0.05) is 21.5 Å². The molecule has 1 aromatic rings. The van der Waals surface area contributed by atoms with E-state index in [1.165, 1.54) is 11.6 Å². The van der Waals surface area contributed by atoms with Crippen LogP contribution in [0.15, 0.2) is 33.2 Å². The van der Waals surface area contributed by atoms with E-state index in [1.54, 1.807) is 26.0 Å². The van der Waals surface area contributed by atoms with Gasteiger partial charge in [-0.2, -0.15) is 0 Å². The highest BCUT2D eigenvalue weighted by Gasteiger charge is 2.29. The van der Waals surface area contributed by atoms with Gasteiger partial charge in [-0.1, -0.05) is 35.9 Å². The first-order valence-electron chi connectivity index (χ1n) is 5.68. The molecule has 110 valence electrons. The third kappa shape index (κ3) is 4.05. The molecule has 0 spiro atoms. The molecule has 20 heavy (non-hydrogen) atoms. The smallest absolute Gasteiger partial charge is 0.267 e. The topological polar surface area (TPSA) is 89.8 Å². The van der Waals surface area contributed by atoms with Crippen molar-refractivity contribution in [3.63, 3.8) is 0 Å². The average Bonchev–Trinajstić information content (AvgIpc) is 2.39.